The maximum atomic E-state index is 12.2. The Morgan fingerprint density at radius 1 is 0.939 bits per heavy atom. The van der Waals surface area contributed by atoms with Crippen LogP contribution in [0.5, 0.6) is 0 Å². The van der Waals surface area contributed by atoms with E-state index in [0.29, 0.717) is 43.7 Å². The molecule has 0 aromatic carbocycles. The number of carbonyl (C=O) groups excluding carboxylic acids is 5. The maximum Gasteiger partial charge on any atom is 0.303 e. The van der Waals surface area contributed by atoms with Crippen LogP contribution in [0.15, 0.2) is 35.8 Å². The van der Waals surface area contributed by atoms with E-state index in [1.807, 2.05) is 85.6 Å². The molecule has 66 heavy (non-hydrogen) atoms. The molecule has 1 rings (SSSR count). The van der Waals surface area contributed by atoms with Crippen LogP contribution in [0.3, 0.4) is 0 Å². The highest BCUT2D eigenvalue weighted by molar-refractivity contribution is 5.66. The van der Waals surface area contributed by atoms with Crippen molar-refractivity contribution < 1.29 is 82.3 Å². The number of carboxylic acid groups (broad SMARTS) is 1. The summed E-state index contributed by atoms with van der Waals surface area (Å²) in [6.45, 7) is 22.8. The number of methoxy groups -OCH3 is 2. The van der Waals surface area contributed by atoms with Crippen LogP contribution < -0.4 is 0 Å². The standard InChI is InChI=1S/C42H73NO12.C3H6O.CH2O2.CH4O.CH2O/c1-15-35-31(7)51-37(25-42(35,10)53-33(9)47)52-39(38(30(6)46)43(11)12)32(8)54-55-40(41(49-14)36(16-2)48-13)34(22-23-44)24-28(4)27(3)20-18-17-19-21-29(5)50-26-45;1-2-3-4;2-1-3;2*1-2/h17-20,23,26-32,34-35,37-40,46H,15-16,21-22,24-25H2,1-14H3;3H,2H2,1H3;1H,(H,2,3);2H,1H3;1H2/b19-17+,20-18+,41-36+;;;;. The fourth-order valence-corrected chi connectivity index (χ4v) is 7.73. The molecule has 0 aliphatic carbocycles. The molecule has 0 aromatic heterocycles. The SMILES string of the molecule is C=O.CC/C(OC)=C(\OC)C(OOC(C)C(OC1CC(C)(OC(C)=O)C(CC)C(C)O1)C(C(C)O)N(C)C)C(CC=O)CC(C)C(C)/C=C/C=C/CC(C)OC=O.CCC=O.CO.O=CO. The van der Waals surface area contributed by atoms with E-state index in [-0.39, 0.29) is 61.2 Å². The number of likely N-dealkylation sites (N-methyl/N-ethyl adjacent to an activating group) is 1. The molecule has 0 saturated carbocycles. The molecule has 386 valence electrons. The van der Waals surface area contributed by atoms with Crippen molar-refractivity contribution in [2.24, 2.45) is 23.7 Å². The van der Waals surface area contributed by atoms with Crippen molar-refractivity contribution in [3.8, 4) is 0 Å². The van der Waals surface area contributed by atoms with Crippen LogP contribution in [0.1, 0.15) is 121 Å². The molecule has 13 unspecified atom stereocenters. The lowest BCUT2D eigenvalue weighted by molar-refractivity contribution is -0.380. The second-order valence-corrected chi connectivity index (χ2v) is 16.1. The molecule has 18 heteroatoms. The molecular formula is C48H87NO17. The second kappa shape index (κ2) is 41.2. The number of allylic oxidation sites excluding steroid dienone is 4. The smallest absolute Gasteiger partial charge is 0.303 e. The quantitative estimate of drug-likeness (QED) is 0.0191. The number of ether oxygens (including phenoxy) is 6. The fourth-order valence-electron chi connectivity index (χ4n) is 7.73. The lowest BCUT2D eigenvalue weighted by Gasteiger charge is -2.48. The minimum atomic E-state index is -0.846. The molecule has 1 heterocycles. The number of carbonyl (C=O) groups is 6. The number of rotatable bonds is 28. The second-order valence-electron chi connectivity index (χ2n) is 16.1. The van der Waals surface area contributed by atoms with Gasteiger partial charge in [0.25, 0.3) is 12.9 Å². The number of hydrogen-bond acceptors (Lipinski definition) is 17. The van der Waals surface area contributed by atoms with Gasteiger partial charge >= 0.3 is 5.97 Å². The van der Waals surface area contributed by atoms with E-state index < -0.39 is 42.3 Å². The van der Waals surface area contributed by atoms with Crippen molar-refractivity contribution in [3.63, 3.8) is 0 Å². The highest BCUT2D eigenvalue weighted by Crippen LogP contribution is 2.41. The van der Waals surface area contributed by atoms with Crippen LogP contribution in [0.2, 0.25) is 0 Å². The number of aliphatic hydroxyl groups is 2. The highest BCUT2D eigenvalue weighted by Gasteiger charge is 2.49. The minimum Gasteiger partial charge on any atom is -0.498 e. The van der Waals surface area contributed by atoms with Crippen molar-refractivity contribution in [1.29, 1.82) is 0 Å². The highest BCUT2D eigenvalue weighted by atomic mass is 17.2. The third-order valence-corrected chi connectivity index (χ3v) is 10.9. The Kier molecular flexibility index (Phi) is 42.8. The molecule has 0 bridgehead atoms. The average molecular weight is 950 g/mol. The van der Waals surface area contributed by atoms with Crippen LogP contribution in [-0.4, -0.2) is 148 Å². The molecule has 0 amide bonds. The summed E-state index contributed by atoms with van der Waals surface area (Å²) in [4.78, 5) is 74.9. The van der Waals surface area contributed by atoms with Crippen LogP contribution in [0.25, 0.3) is 0 Å². The van der Waals surface area contributed by atoms with Gasteiger partial charge in [0, 0.05) is 58.0 Å². The van der Waals surface area contributed by atoms with Gasteiger partial charge in [-0.05, 0) is 73.4 Å². The first-order chi connectivity index (χ1) is 31.3. The molecule has 18 nitrogen and oxygen atoms in total. The van der Waals surface area contributed by atoms with Gasteiger partial charge in [-0.25, -0.2) is 9.78 Å². The average Bonchev–Trinajstić information content (AvgIpc) is 3.26. The molecule has 1 fully saturated rings. The summed E-state index contributed by atoms with van der Waals surface area (Å²) in [5.74, 6) is 0.437. The number of aliphatic hydroxyl groups excluding tert-OH is 2. The minimum absolute atomic E-state index is 0.0494. The zero-order valence-corrected chi connectivity index (χ0v) is 42.7. The third-order valence-electron chi connectivity index (χ3n) is 10.9. The summed E-state index contributed by atoms with van der Waals surface area (Å²) in [6.07, 6.45) is 8.72. The first-order valence-corrected chi connectivity index (χ1v) is 22.4. The Bertz CT molecular complexity index is 1340. The molecule has 1 aliphatic heterocycles. The summed E-state index contributed by atoms with van der Waals surface area (Å²) < 4.78 is 35.5. The van der Waals surface area contributed by atoms with Gasteiger partial charge in [0.2, 0.25) is 0 Å². The van der Waals surface area contributed by atoms with E-state index in [0.717, 1.165) is 26.1 Å². The maximum absolute atomic E-state index is 12.2. The van der Waals surface area contributed by atoms with E-state index in [1.54, 1.807) is 21.0 Å². The Balaban J connectivity index is -0.00000158. The Morgan fingerprint density at radius 3 is 1.94 bits per heavy atom. The van der Waals surface area contributed by atoms with Gasteiger partial charge < -0.3 is 63.0 Å². The predicted molar refractivity (Wildman–Crippen MR) is 251 cm³/mol. The van der Waals surface area contributed by atoms with Crippen molar-refractivity contribution in [1.82, 2.24) is 4.90 Å². The van der Waals surface area contributed by atoms with E-state index in [1.165, 1.54) is 14.0 Å². The van der Waals surface area contributed by atoms with Gasteiger partial charge in [0.05, 0.1) is 32.5 Å². The van der Waals surface area contributed by atoms with Gasteiger partial charge in [-0.2, -0.15) is 0 Å². The molecular weight excluding hydrogens is 863 g/mol. The first-order valence-electron chi connectivity index (χ1n) is 22.4. The third kappa shape index (κ3) is 26.9. The normalized spacial score (nSPS) is 22.3. The van der Waals surface area contributed by atoms with Crippen LogP contribution in [-0.2, 0) is 67.0 Å². The molecule has 0 radical (unpaired) electrons. The van der Waals surface area contributed by atoms with Crippen LogP contribution in [0.4, 0.5) is 0 Å². The van der Waals surface area contributed by atoms with Gasteiger partial charge in [-0.3, -0.25) is 14.4 Å². The zero-order chi connectivity index (χ0) is 52.0. The molecule has 3 N–H and O–H groups in total. The summed E-state index contributed by atoms with van der Waals surface area (Å²) in [5, 5.41) is 24.9. The molecule has 1 saturated heterocycles. The topological polar surface area (TPSA) is 240 Å². The fraction of sp³-hybridized carbons (Fsp3) is 0.750. The summed E-state index contributed by atoms with van der Waals surface area (Å²) in [5.41, 5.74) is -0.835. The zero-order valence-electron chi connectivity index (χ0n) is 42.7. The molecule has 13 atom stereocenters. The van der Waals surface area contributed by atoms with Crippen molar-refractivity contribution in [2.45, 2.75) is 176 Å². The summed E-state index contributed by atoms with van der Waals surface area (Å²) >= 11 is 0. The monoisotopic (exact) mass is 950 g/mol. The number of aldehydes is 2. The van der Waals surface area contributed by atoms with Crippen molar-refractivity contribution >= 4 is 38.3 Å². The van der Waals surface area contributed by atoms with E-state index >= 15 is 0 Å². The molecule has 0 spiro atoms. The summed E-state index contributed by atoms with van der Waals surface area (Å²) in [6, 6.07) is -0.560. The largest absolute Gasteiger partial charge is 0.498 e. The van der Waals surface area contributed by atoms with Crippen LogP contribution >= 0.6 is 0 Å². The van der Waals surface area contributed by atoms with E-state index in [9.17, 15) is 24.3 Å². The van der Waals surface area contributed by atoms with Gasteiger partial charge in [0.1, 0.15) is 49.0 Å². The van der Waals surface area contributed by atoms with Gasteiger partial charge in [0.15, 0.2) is 18.2 Å². The predicted octanol–water partition coefficient (Wildman–Crippen LogP) is 6.44. The van der Waals surface area contributed by atoms with Crippen molar-refractivity contribution in [2.75, 3.05) is 35.4 Å². The lowest BCUT2D eigenvalue weighted by atomic mass is 9.78. The Labute approximate surface area is 395 Å². The van der Waals surface area contributed by atoms with Gasteiger partial charge in [-0.15, -0.1) is 0 Å². The summed E-state index contributed by atoms with van der Waals surface area (Å²) in [7, 11) is 7.79. The van der Waals surface area contributed by atoms with E-state index in [2.05, 4.69) is 19.9 Å². The van der Waals surface area contributed by atoms with Gasteiger partial charge in [-0.1, -0.05) is 58.9 Å². The lowest BCUT2D eigenvalue weighted by Crippen LogP contribution is -2.58. The number of hydrogen-bond donors (Lipinski definition) is 3. The molecule has 0 aromatic rings. The molecule has 1 aliphatic rings. The van der Waals surface area contributed by atoms with E-state index in [4.69, 9.17) is 58.0 Å². The van der Waals surface area contributed by atoms with Crippen molar-refractivity contribution in [3.05, 3.63) is 35.8 Å². The van der Waals surface area contributed by atoms with Crippen LogP contribution in [0, 0.1) is 23.7 Å². The Hall–Kier alpha value is -4.04. The first kappa shape index (κ1) is 68.5. The number of esters is 1. The number of nitrogens with zero attached hydrogens (tertiary/aromatic N) is 1. The Morgan fingerprint density at radius 2 is 1.52 bits per heavy atom.